The standard InChI is InChI=1S/C11H17N3O/c1-9-4-5-11(14-13-9)15-8-10-3-2-6-12-7-10/h4-5,10,12H,2-3,6-8H2,1H3. The van der Waals surface area contributed by atoms with Crippen molar-refractivity contribution in [2.24, 2.45) is 5.92 Å². The van der Waals surface area contributed by atoms with Gasteiger partial charge >= 0.3 is 0 Å². The molecule has 1 fully saturated rings. The van der Waals surface area contributed by atoms with Crippen LogP contribution in [0.4, 0.5) is 0 Å². The lowest BCUT2D eigenvalue weighted by molar-refractivity contribution is 0.210. The third kappa shape index (κ3) is 3.16. The molecule has 0 bridgehead atoms. The van der Waals surface area contributed by atoms with Crippen LogP contribution in [0.2, 0.25) is 0 Å². The zero-order valence-corrected chi connectivity index (χ0v) is 9.07. The number of piperidine rings is 1. The minimum Gasteiger partial charge on any atom is -0.476 e. The second-order valence-corrected chi connectivity index (χ2v) is 4.04. The van der Waals surface area contributed by atoms with E-state index in [1.54, 1.807) is 0 Å². The molecule has 0 saturated carbocycles. The average molecular weight is 207 g/mol. The molecular formula is C11H17N3O. The van der Waals surface area contributed by atoms with Crippen LogP contribution in [-0.4, -0.2) is 29.9 Å². The highest BCUT2D eigenvalue weighted by molar-refractivity contribution is 5.10. The summed E-state index contributed by atoms with van der Waals surface area (Å²) in [6, 6.07) is 3.79. The lowest BCUT2D eigenvalue weighted by Gasteiger charge is -2.22. The first-order valence-electron chi connectivity index (χ1n) is 5.48. The van der Waals surface area contributed by atoms with Crippen molar-refractivity contribution in [3.05, 3.63) is 17.8 Å². The molecule has 1 saturated heterocycles. The SMILES string of the molecule is Cc1ccc(OCC2CCCNC2)nn1. The van der Waals surface area contributed by atoms with Crippen LogP contribution in [0.5, 0.6) is 5.88 Å². The lowest BCUT2D eigenvalue weighted by Crippen LogP contribution is -2.33. The first kappa shape index (κ1) is 10.4. The topological polar surface area (TPSA) is 47.0 Å². The summed E-state index contributed by atoms with van der Waals surface area (Å²) in [5.74, 6) is 1.24. The van der Waals surface area contributed by atoms with Crippen LogP contribution in [0.3, 0.4) is 0 Å². The molecule has 15 heavy (non-hydrogen) atoms. The van der Waals surface area contributed by atoms with Gasteiger partial charge in [-0.15, -0.1) is 5.10 Å². The number of nitrogens with one attached hydrogen (secondary N) is 1. The first-order chi connectivity index (χ1) is 7.34. The summed E-state index contributed by atoms with van der Waals surface area (Å²) in [5.41, 5.74) is 0.918. The lowest BCUT2D eigenvalue weighted by atomic mass is 10.0. The van der Waals surface area contributed by atoms with Gasteiger partial charge in [-0.1, -0.05) is 0 Å². The van der Waals surface area contributed by atoms with Gasteiger partial charge in [-0.25, -0.2) is 0 Å². The summed E-state index contributed by atoms with van der Waals surface area (Å²) in [7, 11) is 0. The molecule has 4 nitrogen and oxygen atoms in total. The van der Waals surface area contributed by atoms with E-state index >= 15 is 0 Å². The van der Waals surface area contributed by atoms with Crippen molar-refractivity contribution in [2.75, 3.05) is 19.7 Å². The molecule has 0 aliphatic carbocycles. The maximum Gasteiger partial charge on any atom is 0.233 e. The van der Waals surface area contributed by atoms with Crippen molar-refractivity contribution in [3.63, 3.8) is 0 Å². The normalized spacial score (nSPS) is 21.3. The Labute approximate surface area is 90.1 Å². The number of aryl methyl sites for hydroxylation is 1. The molecule has 1 atom stereocenters. The molecule has 0 aromatic carbocycles. The van der Waals surface area contributed by atoms with Crippen LogP contribution in [0.25, 0.3) is 0 Å². The van der Waals surface area contributed by atoms with Crippen molar-refractivity contribution in [1.82, 2.24) is 15.5 Å². The van der Waals surface area contributed by atoms with E-state index in [0.29, 0.717) is 11.8 Å². The van der Waals surface area contributed by atoms with Gasteiger partial charge in [0.2, 0.25) is 5.88 Å². The third-order valence-electron chi connectivity index (χ3n) is 2.64. The Hall–Kier alpha value is -1.16. The minimum atomic E-state index is 0.613. The Morgan fingerprint density at radius 3 is 3.07 bits per heavy atom. The van der Waals surface area contributed by atoms with E-state index in [2.05, 4.69) is 15.5 Å². The molecule has 0 radical (unpaired) electrons. The molecule has 82 valence electrons. The van der Waals surface area contributed by atoms with E-state index < -0.39 is 0 Å². The van der Waals surface area contributed by atoms with Crippen LogP contribution in [0.1, 0.15) is 18.5 Å². The molecule has 1 unspecified atom stereocenters. The van der Waals surface area contributed by atoms with E-state index in [4.69, 9.17) is 4.74 Å². The largest absolute Gasteiger partial charge is 0.476 e. The van der Waals surface area contributed by atoms with Gasteiger partial charge in [-0.2, -0.15) is 5.10 Å². The molecule has 1 aliphatic heterocycles. The van der Waals surface area contributed by atoms with Gasteiger partial charge in [0.05, 0.1) is 12.3 Å². The quantitative estimate of drug-likeness (QED) is 0.808. The van der Waals surface area contributed by atoms with E-state index in [0.717, 1.165) is 25.4 Å². The maximum absolute atomic E-state index is 5.59. The van der Waals surface area contributed by atoms with Crippen LogP contribution in [0.15, 0.2) is 12.1 Å². The second kappa shape index (κ2) is 5.07. The van der Waals surface area contributed by atoms with E-state index in [-0.39, 0.29) is 0 Å². The van der Waals surface area contributed by atoms with Crippen LogP contribution >= 0.6 is 0 Å². The van der Waals surface area contributed by atoms with E-state index in [1.165, 1.54) is 12.8 Å². The van der Waals surface area contributed by atoms with Crippen LogP contribution < -0.4 is 10.1 Å². The fraction of sp³-hybridized carbons (Fsp3) is 0.636. The fourth-order valence-electron chi connectivity index (χ4n) is 1.73. The summed E-state index contributed by atoms with van der Waals surface area (Å²) < 4.78 is 5.59. The number of ether oxygens (including phenoxy) is 1. The number of aromatic nitrogens is 2. The number of nitrogens with zero attached hydrogens (tertiary/aromatic N) is 2. The van der Waals surface area contributed by atoms with Gasteiger partial charge < -0.3 is 10.1 Å². The van der Waals surface area contributed by atoms with Gasteiger partial charge in [-0.05, 0) is 32.4 Å². The molecule has 1 N–H and O–H groups in total. The van der Waals surface area contributed by atoms with Crippen LogP contribution in [-0.2, 0) is 0 Å². The maximum atomic E-state index is 5.59. The first-order valence-corrected chi connectivity index (χ1v) is 5.48. The third-order valence-corrected chi connectivity index (χ3v) is 2.64. The summed E-state index contributed by atoms with van der Waals surface area (Å²) in [4.78, 5) is 0. The fourth-order valence-corrected chi connectivity index (χ4v) is 1.73. The molecular weight excluding hydrogens is 190 g/mol. The van der Waals surface area contributed by atoms with Gasteiger partial charge in [0.25, 0.3) is 0 Å². The Bertz CT molecular complexity index is 293. The van der Waals surface area contributed by atoms with Gasteiger partial charge in [0.15, 0.2) is 0 Å². The second-order valence-electron chi connectivity index (χ2n) is 4.04. The highest BCUT2D eigenvalue weighted by atomic mass is 16.5. The highest BCUT2D eigenvalue weighted by Crippen LogP contribution is 2.12. The number of rotatable bonds is 3. The molecule has 2 heterocycles. The Morgan fingerprint density at radius 1 is 1.47 bits per heavy atom. The molecule has 2 rings (SSSR count). The van der Waals surface area contributed by atoms with Crippen molar-refractivity contribution in [1.29, 1.82) is 0 Å². The van der Waals surface area contributed by atoms with E-state index in [1.807, 2.05) is 19.1 Å². The smallest absolute Gasteiger partial charge is 0.233 e. The molecule has 1 aliphatic rings. The molecule has 1 aromatic heterocycles. The van der Waals surface area contributed by atoms with Crippen LogP contribution in [0, 0.1) is 12.8 Å². The number of hydrogen-bond donors (Lipinski definition) is 1. The molecule has 1 aromatic rings. The van der Waals surface area contributed by atoms with Crippen molar-refractivity contribution in [2.45, 2.75) is 19.8 Å². The molecule has 4 heteroatoms. The summed E-state index contributed by atoms with van der Waals surface area (Å²) in [5, 5.41) is 11.3. The monoisotopic (exact) mass is 207 g/mol. The number of hydrogen-bond acceptors (Lipinski definition) is 4. The van der Waals surface area contributed by atoms with Gasteiger partial charge in [0.1, 0.15) is 0 Å². The zero-order chi connectivity index (χ0) is 10.5. The van der Waals surface area contributed by atoms with Crippen molar-refractivity contribution in [3.8, 4) is 5.88 Å². The highest BCUT2D eigenvalue weighted by Gasteiger charge is 2.13. The zero-order valence-electron chi connectivity index (χ0n) is 9.07. The van der Waals surface area contributed by atoms with Gasteiger partial charge in [0, 0.05) is 18.5 Å². The van der Waals surface area contributed by atoms with Gasteiger partial charge in [-0.3, -0.25) is 0 Å². The molecule has 0 spiro atoms. The summed E-state index contributed by atoms with van der Waals surface area (Å²) >= 11 is 0. The van der Waals surface area contributed by atoms with Crippen molar-refractivity contribution < 1.29 is 4.74 Å². The predicted octanol–water partition coefficient (Wildman–Crippen LogP) is 1.16. The Morgan fingerprint density at radius 2 is 2.40 bits per heavy atom. The summed E-state index contributed by atoms with van der Waals surface area (Å²) in [6.45, 7) is 4.85. The van der Waals surface area contributed by atoms with Crippen molar-refractivity contribution >= 4 is 0 Å². The average Bonchev–Trinajstić information content (AvgIpc) is 2.30. The Kier molecular flexibility index (Phi) is 3.50. The molecule has 0 amide bonds. The minimum absolute atomic E-state index is 0.613. The summed E-state index contributed by atoms with van der Waals surface area (Å²) in [6.07, 6.45) is 2.49. The Balaban J connectivity index is 1.79. The predicted molar refractivity (Wildman–Crippen MR) is 57.9 cm³/mol. The van der Waals surface area contributed by atoms with E-state index in [9.17, 15) is 0 Å².